The third kappa shape index (κ3) is 6.70. The predicted octanol–water partition coefficient (Wildman–Crippen LogP) is 2.61. The van der Waals surface area contributed by atoms with Gasteiger partial charge < -0.3 is 20.3 Å². The highest BCUT2D eigenvalue weighted by Gasteiger charge is 2.28. The summed E-state index contributed by atoms with van der Waals surface area (Å²) < 4.78 is 5.64. The fourth-order valence-electron chi connectivity index (χ4n) is 3.28. The smallest absolute Gasteiger partial charge is 0.260 e. The van der Waals surface area contributed by atoms with E-state index in [2.05, 4.69) is 24.5 Å². The molecule has 1 aliphatic heterocycles. The van der Waals surface area contributed by atoms with E-state index in [4.69, 9.17) is 4.74 Å². The molecule has 1 aromatic carbocycles. The lowest BCUT2D eigenvalue weighted by Crippen LogP contribution is -2.49. The fraction of sp³-hybridized carbons (Fsp3) is 0.600. The molecule has 3 unspecified atom stereocenters. The number of nitrogens with zero attached hydrogens (tertiary/aromatic N) is 1. The molecular weight excluding hydrogens is 366 g/mol. The first-order valence-electron chi connectivity index (χ1n) is 9.41. The Bertz CT molecular complexity index is 599. The Morgan fingerprint density at radius 1 is 1.19 bits per heavy atom. The van der Waals surface area contributed by atoms with Crippen LogP contribution in [-0.2, 0) is 4.79 Å². The van der Waals surface area contributed by atoms with Gasteiger partial charge in [0.25, 0.3) is 11.8 Å². The number of carbonyl (C=O) groups excluding carboxylic acids is 2. The van der Waals surface area contributed by atoms with E-state index in [-0.39, 0.29) is 49.0 Å². The number of hydrogen-bond acceptors (Lipinski definition) is 4. The SMILES string of the molecule is CNC(C)CNC(=O)c1ccc(OCC(=O)N2C(C)CCCC2C)cc1.Cl. The highest BCUT2D eigenvalue weighted by molar-refractivity contribution is 5.94. The number of likely N-dealkylation sites (N-methyl/N-ethyl adjacent to an activating group) is 1. The van der Waals surface area contributed by atoms with E-state index >= 15 is 0 Å². The van der Waals surface area contributed by atoms with E-state index in [0.717, 1.165) is 12.8 Å². The average molecular weight is 398 g/mol. The van der Waals surface area contributed by atoms with Gasteiger partial charge in [0.05, 0.1) is 0 Å². The number of halogens is 1. The molecular formula is C20H32ClN3O3. The number of rotatable bonds is 7. The second-order valence-corrected chi connectivity index (χ2v) is 7.14. The summed E-state index contributed by atoms with van der Waals surface area (Å²) in [4.78, 5) is 26.5. The van der Waals surface area contributed by atoms with Crippen molar-refractivity contribution in [2.24, 2.45) is 0 Å². The number of hydrogen-bond donors (Lipinski definition) is 2. The van der Waals surface area contributed by atoms with Gasteiger partial charge in [0, 0.05) is 30.2 Å². The van der Waals surface area contributed by atoms with Crippen molar-refractivity contribution < 1.29 is 14.3 Å². The van der Waals surface area contributed by atoms with Crippen molar-refractivity contribution in [1.29, 1.82) is 0 Å². The van der Waals surface area contributed by atoms with Crippen LogP contribution in [0.25, 0.3) is 0 Å². The Labute approximate surface area is 168 Å². The maximum Gasteiger partial charge on any atom is 0.260 e. The molecule has 1 heterocycles. The van der Waals surface area contributed by atoms with Gasteiger partial charge in [-0.2, -0.15) is 0 Å². The van der Waals surface area contributed by atoms with Gasteiger partial charge in [-0.3, -0.25) is 9.59 Å². The minimum absolute atomic E-state index is 0. The topological polar surface area (TPSA) is 70.7 Å². The number of piperidine rings is 1. The van der Waals surface area contributed by atoms with Crippen LogP contribution in [0.4, 0.5) is 0 Å². The zero-order chi connectivity index (χ0) is 19.1. The number of amides is 2. The second-order valence-electron chi connectivity index (χ2n) is 7.14. The van der Waals surface area contributed by atoms with E-state index in [1.54, 1.807) is 24.3 Å². The number of ether oxygens (including phenoxy) is 1. The molecule has 0 aliphatic carbocycles. The van der Waals surface area contributed by atoms with Crippen molar-refractivity contribution >= 4 is 24.2 Å². The number of nitrogens with one attached hydrogen (secondary N) is 2. The lowest BCUT2D eigenvalue weighted by atomic mass is 9.97. The second kappa shape index (κ2) is 11.1. The molecule has 2 rings (SSSR count). The quantitative estimate of drug-likeness (QED) is 0.742. The summed E-state index contributed by atoms with van der Waals surface area (Å²) in [5.41, 5.74) is 0.574. The van der Waals surface area contributed by atoms with Crippen LogP contribution < -0.4 is 15.4 Å². The van der Waals surface area contributed by atoms with Crippen molar-refractivity contribution in [1.82, 2.24) is 15.5 Å². The first-order valence-corrected chi connectivity index (χ1v) is 9.41. The Kier molecular flexibility index (Phi) is 9.60. The van der Waals surface area contributed by atoms with Crippen molar-refractivity contribution in [2.75, 3.05) is 20.2 Å². The van der Waals surface area contributed by atoms with Gasteiger partial charge in [0.15, 0.2) is 6.61 Å². The van der Waals surface area contributed by atoms with Gasteiger partial charge in [0.1, 0.15) is 5.75 Å². The van der Waals surface area contributed by atoms with Crippen LogP contribution in [0.5, 0.6) is 5.75 Å². The largest absolute Gasteiger partial charge is 0.484 e. The maximum atomic E-state index is 12.5. The Balaban J connectivity index is 0.00000364. The van der Waals surface area contributed by atoms with Crippen molar-refractivity contribution in [3.8, 4) is 5.75 Å². The molecule has 1 aliphatic rings. The summed E-state index contributed by atoms with van der Waals surface area (Å²) in [6.07, 6.45) is 3.27. The van der Waals surface area contributed by atoms with Crippen LogP contribution in [0.2, 0.25) is 0 Å². The van der Waals surface area contributed by atoms with E-state index in [1.165, 1.54) is 6.42 Å². The molecule has 0 saturated carbocycles. The number of likely N-dealkylation sites (tertiary alicyclic amines) is 1. The number of carbonyl (C=O) groups is 2. The van der Waals surface area contributed by atoms with E-state index < -0.39 is 0 Å². The first-order chi connectivity index (χ1) is 12.4. The zero-order valence-electron chi connectivity index (χ0n) is 16.7. The predicted molar refractivity (Wildman–Crippen MR) is 110 cm³/mol. The maximum absolute atomic E-state index is 12.5. The lowest BCUT2D eigenvalue weighted by molar-refractivity contribution is -0.139. The number of benzene rings is 1. The van der Waals surface area contributed by atoms with Crippen LogP contribution in [-0.4, -0.2) is 55.0 Å². The molecule has 1 fully saturated rings. The Morgan fingerprint density at radius 3 is 2.33 bits per heavy atom. The standard InChI is InChI=1S/C20H31N3O3.ClH/c1-14(21-4)12-22-20(25)17-8-10-18(11-9-17)26-13-19(24)23-15(2)6-5-7-16(23)3;/h8-11,14-16,21H,5-7,12-13H2,1-4H3,(H,22,25);1H. The highest BCUT2D eigenvalue weighted by Crippen LogP contribution is 2.22. The molecule has 152 valence electrons. The molecule has 0 bridgehead atoms. The van der Waals surface area contributed by atoms with Gasteiger partial charge in [-0.25, -0.2) is 0 Å². The Morgan fingerprint density at radius 2 is 1.78 bits per heavy atom. The molecule has 2 N–H and O–H groups in total. The molecule has 2 amide bonds. The third-order valence-corrected chi connectivity index (χ3v) is 5.02. The van der Waals surface area contributed by atoms with Gasteiger partial charge in [-0.1, -0.05) is 0 Å². The lowest BCUT2D eigenvalue weighted by Gasteiger charge is -2.38. The minimum Gasteiger partial charge on any atom is -0.484 e. The summed E-state index contributed by atoms with van der Waals surface area (Å²) in [6, 6.07) is 7.63. The van der Waals surface area contributed by atoms with E-state index in [0.29, 0.717) is 17.9 Å². The summed E-state index contributed by atoms with van der Waals surface area (Å²) in [5.74, 6) is 0.495. The van der Waals surface area contributed by atoms with Gasteiger partial charge in [-0.15, -0.1) is 12.4 Å². The van der Waals surface area contributed by atoms with Gasteiger partial charge in [0.2, 0.25) is 0 Å². The molecule has 0 radical (unpaired) electrons. The summed E-state index contributed by atoms with van der Waals surface area (Å²) >= 11 is 0. The van der Waals surface area contributed by atoms with Crippen LogP contribution in [0.1, 0.15) is 50.4 Å². The van der Waals surface area contributed by atoms with Crippen molar-refractivity contribution in [3.05, 3.63) is 29.8 Å². The van der Waals surface area contributed by atoms with E-state index in [9.17, 15) is 9.59 Å². The van der Waals surface area contributed by atoms with Gasteiger partial charge >= 0.3 is 0 Å². The van der Waals surface area contributed by atoms with Gasteiger partial charge in [-0.05, 0) is 71.3 Å². The molecule has 27 heavy (non-hydrogen) atoms. The molecule has 0 spiro atoms. The molecule has 1 aromatic rings. The molecule has 6 nitrogen and oxygen atoms in total. The minimum atomic E-state index is -0.120. The normalized spacial score (nSPS) is 20.4. The summed E-state index contributed by atoms with van der Waals surface area (Å²) in [5, 5.41) is 5.94. The molecule has 1 saturated heterocycles. The average Bonchev–Trinajstić information content (AvgIpc) is 2.64. The molecule has 3 atom stereocenters. The fourth-order valence-corrected chi connectivity index (χ4v) is 3.28. The van der Waals surface area contributed by atoms with E-state index in [1.807, 2.05) is 18.9 Å². The zero-order valence-corrected chi connectivity index (χ0v) is 17.5. The Hall–Kier alpha value is -1.79. The van der Waals surface area contributed by atoms with Crippen LogP contribution in [0.3, 0.4) is 0 Å². The molecule has 0 aromatic heterocycles. The van der Waals surface area contributed by atoms with Crippen LogP contribution >= 0.6 is 12.4 Å². The molecule has 7 heteroatoms. The summed E-state index contributed by atoms with van der Waals surface area (Å²) in [6.45, 7) is 6.78. The first kappa shape index (κ1) is 23.2. The summed E-state index contributed by atoms with van der Waals surface area (Å²) in [7, 11) is 1.86. The highest BCUT2D eigenvalue weighted by atomic mass is 35.5. The van der Waals surface area contributed by atoms with Crippen LogP contribution in [0.15, 0.2) is 24.3 Å². The van der Waals surface area contributed by atoms with Crippen molar-refractivity contribution in [3.63, 3.8) is 0 Å². The van der Waals surface area contributed by atoms with Crippen molar-refractivity contribution in [2.45, 2.75) is 58.2 Å². The monoisotopic (exact) mass is 397 g/mol. The van der Waals surface area contributed by atoms with Crippen LogP contribution in [0, 0.1) is 0 Å². The third-order valence-electron chi connectivity index (χ3n) is 5.02.